The minimum atomic E-state index is -0.930. The van der Waals surface area contributed by atoms with Crippen molar-refractivity contribution in [3.05, 3.63) is 80.8 Å². The van der Waals surface area contributed by atoms with Crippen LogP contribution in [0.3, 0.4) is 0 Å². The monoisotopic (exact) mass is 340 g/mol. The first-order valence-electron chi connectivity index (χ1n) is 7.90. The molecule has 4 rings (SSSR count). The van der Waals surface area contributed by atoms with Crippen molar-refractivity contribution in [1.29, 1.82) is 0 Å². The minimum Gasteiger partial charge on any atom is -0.329 e. The van der Waals surface area contributed by atoms with Crippen molar-refractivity contribution in [2.45, 2.75) is 18.9 Å². The number of aromatic nitrogens is 1. The summed E-state index contributed by atoms with van der Waals surface area (Å²) >= 11 is 0. The number of hydrogen-bond donors (Lipinski definition) is 2. The third kappa shape index (κ3) is 2.29. The molecule has 1 unspecified atom stereocenters. The van der Waals surface area contributed by atoms with Gasteiger partial charge in [-0.3, -0.25) is 9.59 Å². The van der Waals surface area contributed by atoms with Gasteiger partial charge in [-0.25, -0.2) is 8.78 Å². The number of benzene rings is 2. The number of carbonyl (C=O) groups is 1. The third-order valence-corrected chi connectivity index (χ3v) is 4.75. The van der Waals surface area contributed by atoms with E-state index in [0.717, 1.165) is 6.07 Å². The summed E-state index contributed by atoms with van der Waals surface area (Å²) in [5.41, 5.74) is 5.70. The average molecular weight is 340 g/mol. The minimum absolute atomic E-state index is 0.0867. The summed E-state index contributed by atoms with van der Waals surface area (Å²) in [4.78, 5) is 27.3. The molecule has 3 aromatic rings. The van der Waals surface area contributed by atoms with Gasteiger partial charge in [0.2, 0.25) is 0 Å². The van der Waals surface area contributed by atoms with E-state index in [1.165, 1.54) is 18.3 Å². The number of aromatic amines is 1. The van der Waals surface area contributed by atoms with E-state index in [1.807, 2.05) is 0 Å². The summed E-state index contributed by atoms with van der Waals surface area (Å²) in [6.45, 7) is 0. The highest BCUT2D eigenvalue weighted by atomic mass is 19.1. The molecule has 0 saturated carbocycles. The zero-order valence-electron chi connectivity index (χ0n) is 13.1. The maximum Gasteiger partial charge on any atom is 0.255 e. The fraction of sp³-hybridized carbons (Fsp3) is 0.158. The number of fused-ring (bicyclic) bond motifs is 2. The van der Waals surface area contributed by atoms with E-state index in [4.69, 9.17) is 5.73 Å². The van der Waals surface area contributed by atoms with Crippen LogP contribution in [0.2, 0.25) is 0 Å². The van der Waals surface area contributed by atoms with E-state index in [0.29, 0.717) is 29.4 Å². The van der Waals surface area contributed by atoms with Crippen molar-refractivity contribution in [2.75, 3.05) is 0 Å². The fourth-order valence-corrected chi connectivity index (χ4v) is 3.48. The van der Waals surface area contributed by atoms with Gasteiger partial charge in [0.25, 0.3) is 5.56 Å². The molecule has 1 heterocycles. The molecule has 0 fully saturated rings. The van der Waals surface area contributed by atoms with Crippen LogP contribution in [0.5, 0.6) is 0 Å². The molecule has 2 aromatic carbocycles. The van der Waals surface area contributed by atoms with Gasteiger partial charge in [0.05, 0.1) is 5.56 Å². The molecule has 4 nitrogen and oxygen atoms in total. The Morgan fingerprint density at radius 3 is 2.80 bits per heavy atom. The van der Waals surface area contributed by atoms with Crippen LogP contribution in [0.25, 0.3) is 10.8 Å². The normalized spacial score (nSPS) is 16.2. The molecule has 1 aromatic heterocycles. The van der Waals surface area contributed by atoms with Crippen molar-refractivity contribution in [3.63, 3.8) is 0 Å². The molecule has 1 atom stereocenters. The second kappa shape index (κ2) is 5.60. The number of halogens is 2. The first-order chi connectivity index (χ1) is 12.0. The topological polar surface area (TPSA) is 76.0 Å². The summed E-state index contributed by atoms with van der Waals surface area (Å²) in [6.07, 6.45) is 2.29. The highest BCUT2D eigenvalue weighted by Gasteiger charge is 2.30. The lowest BCUT2D eigenvalue weighted by atomic mass is 9.94. The molecule has 1 aliphatic rings. The highest BCUT2D eigenvalue weighted by molar-refractivity contribution is 6.16. The van der Waals surface area contributed by atoms with Crippen molar-refractivity contribution in [1.82, 2.24) is 4.98 Å². The smallest absolute Gasteiger partial charge is 0.255 e. The summed E-state index contributed by atoms with van der Waals surface area (Å²) in [7, 11) is 0. The van der Waals surface area contributed by atoms with Gasteiger partial charge in [0, 0.05) is 23.2 Å². The highest BCUT2D eigenvalue weighted by Crippen LogP contribution is 2.35. The summed E-state index contributed by atoms with van der Waals surface area (Å²) in [5.74, 6) is -2.57. The van der Waals surface area contributed by atoms with E-state index in [9.17, 15) is 18.4 Å². The lowest BCUT2D eigenvalue weighted by Crippen LogP contribution is -2.13. The predicted octanol–water partition coefficient (Wildman–Crippen LogP) is 2.98. The predicted molar refractivity (Wildman–Crippen MR) is 89.6 cm³/mol. The molecule has 0 radical (unpaired) electrons. The van der Waals surface area contributed by atoms with Crippen LogP contribution in [0.1, 0.15) is 39.5 Å². The van der Waals surface area contributed by atoms with E-state index in [2.05, 4.69) is 4.98 Å². The SMILES string of the molecule is NC1CCc2c1cc(F)c(C(=O)c1cccc3c(=O)[nH]ccc13)c2F. The van der Waals surface area contributed by atoms with Gasteiger partial charge < -0.3 is 10.7 Å². The Balaban J connectivity index is 1.95. The molecule has 0 aliphatic heterocycles. The molecule has 6 heteroatoms. The standard InChI is InChI=1S/C19H14F2N2O2/c20-14-8-13-10(4-5-15(13)22)17(21)16(14)18(24)11-2-1-3-12-9(11)6-7-23-19(12)25/h1-3,6-8,15H,4-5,22H2,(H,23,25). The molecule has 0 spiro atoms. The molecule has 126 valence electrons. The second-order valence-corrected chi connectivity index (χ2v) is 6.16. The lowest BCUT2D eigenvalue weighted by molar-refractivity contribution is 0.103. The molecule has 0 bridgehead atoms. The molecular weight excluding hydrogens is 326 g/mol. The van der Waals surface area contributed by atoms with E-state index in [-0.39, 0.29) is 16.5 Å². The maximum atomic E-state index is 14.8. The molecule has 3 N–H and O–H groups in total. The number of nitrogens with two attached hydrogens (primary N) is 1. The molecule has 25 heavy (non-hydrogen) atoms. The van der Waals surface area contributed by atoms with Gasteiger partial charge in [-0.15, -0.1) is 0 Å². The average Bonchev–Trinajstić information content (AvgIpc) is 2.96. The van der Waals surface area contributed by atoms with Crippen LogP contribution in [0, 0.1) is 11.6 Å². The van der Waals surface area contributed by atoms with E-state index >= 15 is 0 Å². The Bertz CT molecular complexity index is 1090. The second-order valence-electron chi connectivity index (χ2n) is 6.16. The van der Waals surface area contributed by atoms with Crippen LogP contribution in [-0.4, -0.2) is 10.8 Å². The number of nitrogens with one attached hydrogen (secondary N) is 1. The van der Waals surface area contributed by atoms with Gasteiger partial charge in [0.1, 0.15) is 11.6 Å². The van der Waals surface area contributed by atoms with Gasteiger partial charge in [0.15, 0.2) is 5.78 Å². The van der Waals surface area contributed by atoms with Crippen molar-refractivity contribution in [2.24, 2.45) is 5.73 Å². The van der Waals surface area contributed by atoms with Gasteiger partial charge in [-0.05, 0) is 47.6 Å². The van der Waals surface area contributed by atoms with E-state index in [1.54, 1.807) is 12.1 Å². The zero-order valence-corrected chi connectivity index (χ0v) is 13.1. The Morgan fingerprint density at radius 1 is 1.20 bits per heavy atom. The Kier molecular flexibility index (Phi) is 3.51. The fourth-order valence-electron chi connectivity index (χ4n) is 3.48. The number of pyridine rings is 1. The van der Waals surface area contributed by atoms with Crippen LogP contribution >= 0.6 is 0 Å². The van der Waals surface area contributed by atoms with Crippen molar-refractivity contribution in [3.8, 4) is 0 Å². The number of carbonyl (C=O) groups excluding carboxylic acids is 1. The molecule has 1 aliphatic carbocycles. The number of ketones is 1. The van der Waals surface area contributed by atoms with E-state index < -0.39 is 29.0 Å². The van der Waals surface area contributed by atoms with Gasteiger partial charge in [-0.1, -0.05) is 12.1 Å². The Hall–Kier alpha value is -2.86. The van der Waals surface area contributed by atoms with Crippen LogP contribution in [-0.2, 0) is 6.42 Å². The maximum absolute atomic E-state index is 14.8. The van der Waals surface area contributed by atoms with Crippen LogP contribution < -0.4 is 11.3 Å². The van der Waals surface area contributed by atoms with Gasteiger partial charge in [-0.2, -0.15) is 0 Å². The first kappa shape index (κ1) is 15.7. The first-order valence-corrected chi connectivity index (χ1v) is 7.90. The number of hydrogen-bond acceptors (Lipinski definition) is 3. The van der Waals surface area contributed by atoms with Crippen LogP contribution in [0.4, 0.5) is 8.78 Å². The largest absolute Gasteiger partial charge is 0.329 e. The van der Waals surface area contributed by atoms with Crippen molar-refractivity contribution < 1.29 is 13.6 Å². The molecule has 0 saturated heterocycles. The summed E-state index contributed by atoms with van der Waals surface area (Å²) in [6, 6.07) is 6.81. The quantitative estimate of drug-likeness (QED) is 0.704. The van der Waals surface area contributed by atoms with Gasteiger partial charge >= 0.3 is 0 Å². The number of H-pyrrole nitrogens is 1. The molecule has 0 amide bonds. The summed E-state index contributed by atoms with van der Waals surface area (Å²) < 4.78 is 29.3. The lowest BCUT2D eigenvalue weighted by Gasteiger charge is -2.12. The zero-order chi connectivity index (χ0) is 17.7. The molecular formula is C19H14F2N2O2. The van der Waals surface area contributed by atoms with Crippen molar-refractivity contribution >= 4 is 16.6 Å². The Morgan fingerprint density at radius 2 is 2.00 bits per heavy atom. The Labute approximate surface area is 141 Å². The number of rotatable bonds is 2. The summed E-state index contributed by atoms with van der Waals surface area (Å²) in [5, 5.41) is 0.643. The third-order valence-electron chi connectivity index (χ3n) is 4.75. The van der Waals surface area contributed by atoms with Crippen LogP contribution in [0.15, 0.2) is 41.3 Å².